The van der Waals surface area contributed by atoms with Gasteiger partial charge in [-0.15, -0.1) is 10.2 Å². The molecule has 0 atom stereocenters. The minimum atomic E-state index is 0.0171. The molecule has 3 heterocycles. The molecule has 2 aromatic carbocycles. The topological polar surface area (TPSA) is 89.4 Å². The summed E-state index contributed by atoms with van der Waals surface area (Å²) in [6, 6.07) is 14.1. The van der Waals surface area contributed by atoms with Gasteiger partial charge in [0.1, 0.15) is 5.82 Å². The minimum Gasteiger partial charge on any atom is -0.292 e. The van der Waals surface area contributed by atoms with Gasteiger partial charge in [0.2, 0.25) is 5.82 Å². The average Bonchev–Trinajstić information content (AvgIpc) is 3.49. The van der Waals surface area contributed by atoms with Gasteiger partial charge in [0.05, 0.1) is 17.4 Å². The second-order valence-corrected chi connectivity index (χ2v) is 8.56. The normalized spacial score (nSPS) is 11.3. The second kappa shape index (κ2) is 8.47. The Hall–Kier alpha value is -3.65. The van der Waals surface area contributed by atoms with E-state index in [1.165, 1.54) is 0 Å². The predicted molar refractivity (Wildman–Crippen MR) is 127 cm³/mol. The van der Waals surface area contributed by atoms with Crippen molar-refractivity contribution in [3.63, 3.8) is 0 Å². The van der Waals surface area contributed by atoms with Crippen LogP contribution in [-0.4, -0.2) is 30.2 Å². The Morgan fingerprint density at radius 1 is 1.06 bits per heavy atom. The molecule has 0 unspecified atom stereocenters. The molecule has 5 aromatic rings. The summed E-state index contributed by atoms with van der Waals surface area (Å²) in [6.07, 6.45) is 1.69. The highest BCUT2D eigenvalue weighted by molar-refractivity contribution is 7.08. The number of aromatic nitrogens is 6. The van der Waals surface area contributed by atoms with E-state index in [1.807, 2.05) is 35.1 Å². The molecule has 3 aromatic heterocycles. The molecule has 0 spiro atoms. The quantitative estimate of drug-likeness (QED) is 0.415. The van der Waals surface area contributed by atoms with Crippen molar-refractivity contribution in [2.45, 2.75) is 33.2 Å². The summed E-state index contributed by atoms with van der Waals surface area (Å²) in [5.41, 5.74) is 5.98. The van der Waals surface area contributed by atoms with Gasteiger partial charge in [-0.05, 0) is 47.2 Å². The Labute approximate surface area is 188 Å². The molecule has 0 bridgehead atoms. The Kier molecular flexibility index (Phi) is 5.36. The molecule has 0 amide bonds. The van der Waals surface area contributed by atoms with Gasteiger partial charge in [0.25, 0.3) is 5.56 Å². The van der Waals surface area contributed by atoms with E-state index in [4.69, 9.17) is 4.98 Å². The third kappa shape index (κ3) is 3.73. The number of aromatic amines is 1. The smallest absolute Gasteiger partial charge is 0.261 e. The van der Waals surface area contributed by atoms with E-state index in [1.54, 1.807) is 11.3 Å². The molecule has 0 saturated heterocycles. The van der Waals surface area contributed by atoms with Crippen LogP contribution in [0.5, 0.6) is 0 Å². The zero-order valence-corrected chi connectivity index (χ0v) is 18.7. The van der Waals surface area contributed by atoms with Crippen LogP contribution < -0.4 is 5.56 Å². The number of benzene rings is 2. The number of nitrogens with zero attached hydrogens (tertiary/aromatic N) is 5. The molecule has 0 fully saturated rings. The van der Waals surface area contributed by atoms with Crippen LogP contribution >= 0.6 is 11.3 Å². The van der Waals surface area contributed by atoms with Crippen molar-refractivity contribution in [3.8, 4) is 22.5 Å². The lowest BCUT2D eigenvalue weighted by Gasteiger charge is -2.14. The maximum Gasteiger partial charge on any atom is 0.261 e. The third-order valence-electron chi connectivity index (χ3n) is 5.52. The minimum absolute atomic E-state index is 0.0171. The summed E-state index contributed by atoms with van der Waals surface area (Å²) in [6.45, 7) is 4.59. The van der Waals surface area contributed by atoms with Crippen molar-refractivity contribution in [1.82, 2.24) is 30.2 Å². The summed E-state index contributed by atoms with van der Waals surface area (Å²) in [5.74, 6) is 1.41. The first-order valence-electron chi connectivity index (χ1n) is 10.5. The first-order valence-corrected chi connectivity index (χ1v) is 11.5. The Bertz CT molecular complexity index is 1430. The standard InChI is InChI=1S/C24H22N6OS/c1-3-4-22-25-21-10-5-15(2)11-18(21)24(31)30(22)12-16-6-8-17(9-7-16)19-13-32-14-20(19)23-26-28-29-27-23/h5-11,13-14H,3-4,12H2,1-2H3,(H,26,27,28,29). The first-order chi connectivity index (χ1) is 15.6. The van der Waals surface area contributed by atoms with Crippen LogP contribution in [0.3, 0.4) is 0 Å². The average molecular weight is 443 g/mol. The van der Waals surface area contributed by atoms with Crippen molar-refractivity contribution >= 4 is 22.2 Å². The van der Waals surface area contributed by atoms with Crippen LogP contribution in [0.2, 0.25) is 0 Å². The summed E-state index contributed by atoms with van der Waals surface area (Å²) in [5, 5.41) is 19.1. The summed E-state index contributed by atoms with van der Waals surface area (Å²) < 4.78 is 1.82. The lowest BCUT2D eigenvalue weighted by atomic mass is 10.0. The van der Waals surface area contributed by atoms with Crippen molar-refractivity contribution < 1.29 is 0 Å². The molecular weight excluding hydrogens is 420 g/mol. The van der Waals surface area contributed by atoms with Crippen molar-refractivity contribution in [2.75, 3.05) is 0 Å². The number of aryl methyl sites for hydroxylation is 2. The van der Waals surface area contributed by atoms with E-state index in [-0.39, 0.29) is 5.56 Å². The monoisotopic (exact) mass is 442 g/mol. The molecule has 0 saturated carbocycles. The molecule has 8 heteroatoms. The number of fused-ring (bicyclic) bond motifs is 1. The van der Waals surface area contributed by atoms with E-state index in [9.17, 15) is 4.79 Å². The molecule has 32 heavy (non-hydrogen) atoms. The largest absolute Gasteiger partial charge is 0.292 e. The Morgan fingerprint density at radius 3 is 2.62 bits per heavy atom. The van der Waals surface area contributed by atoms with Crippen LogP contribution in [0, 0.1) is 6.92 Å². The second-order valence-electron chi connectivity index (χ2n) is 7.82. The number of tetrazole rings is 1. The van der Waals surface area contributed by atoms with Crippen LogP contribution in [0.4, 0.5) is 0 Å². The number of thiophene rings is 1. The van der Waals surface area contributed by atoms with Crippen LogP contribution in [0.1, 0.15) is 30.3 Å². The fourth-order valence-electron chi connectivity index (χ4n) is 3.90. The fourth-order valence-corrected chi connectivity index (χ4v) is 4.74. The fraction of sp³-hybridized carbons (Fsp3) is 0.208. The highest BCUT2D eigenvalue weighted by atomic mass is 32.1. The maximum atomic E-state index is 13.3. The van der Waals surface area contributed by atoms with E-state index in [0.717, 1.165) is 52.0 Å². The van der Waals surface area contributed by atoms with Crippen LogP contribution in [0.25, 0.3) is 33.4 Å². The van der Waals surface area contributed by atoms with Crippen molar-refractivity contribution in [3.05, 3.63) is 80.5 Å². The van der Waals surface area contributed by atoms with E-state index < -0.39 is 0 Å². The predicted octanol–water partition coefficient (Wildman–Crippen LogP) is 4.61. The summed E-state index contributed by atoms with van der Waals surface area (Å²) in [4.78, 5) is 18.1. The molecular formula is C24H22N6OS. The van der Waals surface area contributed by atoms with Gasteiger partial charge in [-0.25, -0.2) is 4.98 Å². The molecule has 0 aliphatic heterocycles. The molecule has 0 radical (unpaired) electrons. The molecule has 1 N–H and O–H groups in total. The van der Waals surface area contributed by atoms with Crippen molar-refractivity contribution in [1.29, 1.82) is 0 Å². The number of hydrogen-bond donors (Lipinski definition) is 1. The Balaban J connectivity index is 1.50. The van der Waals surface area contributed by atoms with Gasteiger partial charge >= 0.3 is 0 Å². The zero-order chi connectivity index (χ0) is 22.1. The van der Waals surface area contributed by atoms with Crippen molar-refractivity contribution in [2.24, 2.45) is 0 Å². The Morgan fingerprint density at radius 2 is 1.88 bits per heavy atom. The summed E-state index contributed by atoms with van der Waals surface area (Å²) in [7, 11) is 0. The van der Waals surface area contributed by atoms with E-state index in [0.29, 0.717) is 17.8 Å². The van der Waals surface area contributed by atoms with Gasteiger partial charge in [-0.2, -0.15) is 16.6 Å². The molecule has 0 aliphatic rings. The van der Waals surface area contributed by atoms with Gasteiger partial charge in [-0.3, -0.25) is 9.36 Å². The summed E-state index contributed by atoms with van der Waals surface area (Å²) >= 11 is 1.60. The van der Waals surface area contributed by atoms with Gasteiger partial charge in [0, 0.05) is 22.9 Å². The third-order valence-corrected chi connectivity index (χ3v) is 6.26. The number of hydrogen-bond acceptors (Lipinski definition) is 6. The number of rotatable bonds is 6. The highest BCUT2D eigenvalue weighted by Gasteiger charge is 2.14. The molecule has 5 rings (SSSR count). The molecule has 160 valence electrons. The van der Waals surface area contributed by atoms with Crippen LogP contribution in [0.15, 0.2) is 58.0 Å². The van der Waals surface area contributed by atoms with E-state index in [2.05, 4.69) is 57.2 Å². The number of H-pyrrole nitrogens is 1. The maximum absolute atomic E-state index is 13.3. The zero-order valence-electron chi connectivity index (χ0n) is 17.9. The highest BCUT2D eigenvalue weighted by Crippen LogP contribution is 2.33. The SMILES string of the molecule is CCCc1nc2ccc(C)cc2c(=O)n1Cc1ccc(-c2cscc2-c2nn[nH]n2)cc1. The van der Waals surface area contributed by atoms with Crippen LogP contribution in [-0.2, 0) is 13.0 Å². The lowest BCUT2D eigenvalue weighted by molar-refractivity contribution is 0.665. The van der Waals surface area contributed by atoms with Gasteiger partial charge in [0.15, 0.2) is 0 Å². The number of nitrogens with one attached hydrogen (secondary N) is 1. The molecule has 7 nitrogen and oxygen atoms in total. The van der Waals surface area contributed by atoms with Gasteiger partial charge in [-0.1, -0.05) is 42.8 Å². The van der Waals surface area contributed by atoms with Gasteiger partial charge < -0.3 is 0 Å². The van der Waals surface area contributed by atoms with E-state index >= 15 is 0 Å². The first kappa shape index (κ1) is 20.3. The molecule has 0 aliphatic carbocycles. The lowest BCUT2D eigenvalue weighted by Crippen LogP contribution is -2.26.